The van der Waals surface area contributed by atoms with Gasteiger partial charge in [-0.15, -0.1) is 11.8 Å². The number of fused-ring (bicyclic) bond motifs is 1. The molecule has 6 nitrogen and oxygen atoms in total. The molecule has 0 bridgehead atoms. The fraction of sp³-hybridized carbons (Fsp3) is 0.238. The van der Waals surface area contributed by atoms with Gasteiger partial charge in [0.05, 0.1) is 23.7 Å². The minimum Gasteiger partial charge on any atom is -0.486 e. The van der Waals surface area contributed by atoms with Crippen LogP contribution < -0.4 is 14.8 Å². The molecule has 28 heavy (non-hydrogen) atoms. The molecule has 144 valence electrons. The van der Waals surface area contributed by atoms with Crippen LogP contribution in [0.3, 0.4) is 0 Å². The average Bonchev–Trinajstić information content (AvgIpc) is 3.23. The predicted octanol–water partition coefficient (Wildman–Crippen LogP) is 3.82. The number of hydrogen-bond donors (Lipinski definition) is 2. The SMILES string of the molecule is CC(NC(=O)CSc1ccc2c(c1)OCCO2)c1ncc(-c2ccccc2)[nH]1. The van der Waals surface area contributed by atoms with Gasteiger partial charge < -0.3 is 19.8 Å². The number of ether oxygens (including phenoxy) is 2. The molecule has 1 unspecified atom stereocenters. The van der Waals surface area contributed by atoms with Gasteiger partial charge in [0.15, 0.2) is 11.5 Å². The topological polar surface area (TPSA) is 76.2 Å². The maximum atomic E-state index is 12.3. The van der Waals surface area contributed by atoms with E-state index >= 15 is 0 Å². The molecule has 1 atom stereocenters. The number of carbonyl (C=O) groups excluding carboxylic acids is 1. The molecule has 0 saturated carbocycles. The molecule has 0 spiro atoms. The van der Waals surface area contributed by atoms with E-state index < -0.39 is 0 Å². The van der Waals surface area contributed by atoms with Crippen molar-refractivity contribution in [3.05, 3.63) is 60.6 Å². The summed E-state index contributed by atoms with van der Waals surface area (Å²) in [6.45, 7) is 3.03. The molecule has 1 aliphatic heterocycles. The van der Waals surface area contributed by atoms with E-state index in [0.717, 1.165) is 33.5 Å². The summed E-state index contributed by atoms with van der Waals surface area (Å²) in [5.74, 6) is 2.48. The third kappa shape index (κ3) is 4.31. The Morgan fingerprint density at radius 1 is 1.18 bits per heavy atom. The second kappa shape index (κ2) is 8.39. The number of thioether (sulfide) groups is 1. The van der Waals surface area contributed by atoms with Crippen LogP contribution in [0, 0.1) is 0 Å². The van der Waals surface area contributed by atoms with Crippen molar-refractivity contribution >= 4 is 17.7 Å². The largest absolute Gasteiger partial charge is 0.486 e. The lowest BCUT2D eigenvalue weighted by atomic mass is 10.2. The highest BCUT2D eigenvalue weighted by atomic mass is 32.2. The molecular formula is C21H21N3O3S. The van der Waals surface area contributed by atoms with Gasteiger partial charge in [-0.2, -0.15) is 0 Å². The maximum Gasteiger partial charge on any atom is 0.230 e. The Labute approximate surface area is 167 Å². The van der Waals surface area contributed by atoms with Crippen molar-refractivity contribution < 1.29 is 14.3 Å². The van der Waals surface area contributed by atoms with Crippen molar-refractivity contribution in [1.82, 2.24) is 15.3 Å². The normalized spacial score (nSPS) is 13.8. The number of rotatable bonds is 6. The number of amides is 1. The number of H-pyrrole nitrogens is 1. The van der Waals surface area contributed by atoms with E-state index in [2.05, 4.69) is 15.3 Å². The number of hydrogen-bond acceptors (Lipinski definition) is 5. The first-order valence-electron chi connectivity index (χ1n) is 9.11. The zero-order chi connectivity index (χ0) is 19.3. The number of aromatic nitrogens is 2. The Kier molecular flexibility index (Phi) is 5.53. The number of nitrogens with one attached hydrogen (secondary N) is 2. The van der Waals surface area contributed by atoms with Crippen molar-refractivity contribution in [2.24, 2.45) is 0 Å². The van der Waals surface area contributed by atoms with E-state index in [0.29, 0.717) is 19.0 Å². The predicted molar refractivity (Wildman–Crippen MR) is 109 cm³/mol. The molecule has 0 aliphatic carbocycles. The number of aromatic amines is 1. The van der Waals surface area contributed by atoms with Gasteiger partial charge in [0.2, 0.25) is 5.91 Å². The Bertz CT molecular complexity index is 959. The molecule has 0 fully saturated rings. The molecule has 0 radical (unpaired) electrons. The second-order valence-corrected chi connectivity index (χ2v) is 7.48. The summed E-state index contributed by atoms with van der Waals surface area (Å²) in [6, 6.07) is 15.5. The Morgan fingerprint density at radius 2 is 1.96 bits per heavy atom. The van der Waals surface area contributed by atoms with Crippen LogP contribution in [0.4, 0.5) is 0 Å². The molecule has 7 heteroatoms. The van der Waals surface area contributed by atoms with Crippen LogP contribution in [0.15, 0.2) is 59.6 Å². The fourth-order valence-corrected chi connectivity index (χ4v) is 3.67. The third-order valence-electron chi connectivity index (χ3n) is 4.35. The lowest BCUT2D eigenvalue weighted by Crippen LogP contribution is -2.28. The fourth-order valence-electron chi connectivity index (χ4n) is 2.93. The van der Waals surface area contributed by atoms with E-state index in [1.165, 1.54) is 11.8 Å². The first-order valence-corrected chi connectivity index (χ1v) is 10.1. The van der Waals surface area contributed by atoms with Gasteiger partial charge in [-0.3, -0.25) is 4.79 Å². The van der Waals surface area contributed by atoms with Gasteiger partial charge >= 0.3 is 0 Å². The molecule has 2 N–H and O–H groups in total. The van der Waals surface area contributed by atoms with E-state index in [9.17, 15) is 4.79 Å². The quantitative estimate of drug-likeness (QED) is 0.621. The summed E-state index contributed by atoms with van der Waals surface area (Å²) >= 11 is 1.46. The van der Waals surface area contributed by atoms with Crippen LogP contribution in [0.5, 0.6) is 11.5 Å². The lowest BCUT2D eigenvalue weighted by Gasteiger charge is -2.18. The van der Waals surface area contributed by atoms with Crippen LogP contribution in [0.2, 0.25) is 0 Å². The molecule has 1 amide bonds. The van der Waals surface area contributed by atoms with Crippen LogP contribution in [0.1, 0.15) is 18.8 Å². The highest BCUT2D eigenvalue weighted by Crippen LogP contribution is 2.34. The Hall–Kier alpha value is -2.93. The van der Waals surface area contributed by atoms with Crippen molar-refractivity contribution in [2.75, 3.05) is 19.0 Å². The van der Waals surface area contributed by atoms with Gasteiger partial charge in [-0.25, -0.2) is 4.98 Å². The maximum absolute atomic E-state index is 12.3. The van der Waals surface area contributed by atoms with Crippen molar-refractivity contribution in [3.8, 4) is 22.8 Å². The molecule has 3 aromatic rings. The molecule has 1 aromatic heterocycles. The summed E-state index contributed by atoms with van der Waals surface area (Å²) < 4.78 is 11.1. The first-order chi connectivity index (χ1) is 13.7. The Balaban J connectivity index is 1.32. The number of nitrogens with zero attached hydrogens (tertiary/aromatic N) is 1. The smallest absolute Gasteiger partial charge is 0.230 e. The van der Waals surface area contributed by atoms with Crippen LogP contribution in [0.25, 0.3) is 11.3 Å². The van der Waals surface area contributed by atoms with E-state index in [1.807, 2.05) is 55.5 Å². The van der Waals surface area contributed by atoms with Gasteiger partial charge in [0.1, 0.15) is 19.0 Å². The first kappa shape index (κ1) is 18.4. The number of carbonyl (C=O) groups is 1. The van der Waals surface area contributed by atoms with E-state index in [4.69, 9.17) is 9.47 Å². The van der Waals surface area contributed by atoms with E-state index in [1.54, 1.807) is 6.20 Å². The van der Waals surface area contributed by atoms with E-state index in [-0.39, 0.29) is 11.9 Å². The molecule has 1 aliphatic rings. The zero-order valence-corrected chi connectivity index (χ0v) is 16.3. The summed E-state index contributed by atoms with van der Waals surface area (Å²) in [7, 11) is 0. The third-order valence-corrected chi connectivity index (χ3v) is 5.35. The molecule has 2 aromatic carbocycles. The van der Waals surface area contributed by atoms with Crippen molar-refractivity contribution in [3.63, 3.8) is 0 Å². The highest BCUT2D eigenvalue weighted by molar-refractivity contribution is 8.00. The van der Waals surface area contributed by atoms with Crippen LogP contribution >= 0.6 is 11.8 Å². The number of imidazole rings is 1. The standard InChI is InChI=1S/C21H21N3O3S/c1-14(21-22-12-17(24-21)15-5-3-2-4-6-15)23-20(25)13-28-16-7-8-18-19(11-16)27-10-9-26-18/h2-8,11-12,14H,9-10,13H2,1H3,(H,22,24)(H,23,25). The average molecular weight is 395 g/mol. The molecule has 0 saturated heterocycles. The van der Waals surface area contributed by atoms with Crippen molar-refractivity contribution in [1.29, 1.82) is 0 Å². The monoisotopic (exact) mass is 395 g/mol. The van der Waals surface area contributed by atoms with Gasteiger partial charge in [-0.05, 0) is 30.7 Å². The van der Waals surface area contributed by atoms with Crippen LogP contribution in [-0.4, -0.2) is 34.8 Å². The Morgan fingerprint density at radius 3 is 2.79 bits per heavy atom. The summed E-state index contributed by atoms with van der Waals surface area (Å²) in [4.78, 5) is 21.0. The lowest BCUT2D eigenvalue weighted by molar-refractivity contribution is -0.119. The van der Waals surface area contributed by atoms with Gasteiger partial charge in [0, 0.05) is 4.90 Å². The summed E-state index contributed by atoms with van der Waals surface area (Å²) in [5.41, 5.74) is 2.00. The minimum atomic E-state index is -0.203. The summed E-state index contributed by atoms with van der Waals surface area (Å²) in [5, 5.41) is 2.98. The molecule has 2 heterocycles. The zero-order valence-electron chi connectivity index (χ0n) is 15.5. The van der Waals surface area contributed by atoms with Crippen LogP contribution in [-0.2, 0) is 4.79 Å². The second-order valence-electron chi connectivity index (χ2n) is 6.43. The molecule has 4 rings (SSSR count). The molecular weight excluding hydrogens is 374 g/mol. The van der Waals surface area contributed by atoms with Crippen molar-refractivity contribution in [2.45, 2.75) is 17.9 Å². The highest BCUT2D eigenvalue weighted by Gasteiger charge is 2.15. The summed E-state index contributed by atoms with van der Waals surface area (Å²) in [6.07, 6.45) is 1.79. The van der Waals surface area contributed by atoms with Gasteiger partial charge in [-0.1, -0.05) is 30.3 Å². The number of benzene rings is 2. The minimum absolute atomic E-state index is 0.0509. The van der Waals surface area contributed by atoms with Gasteiger partial charge in [0.25, 0.3) is 0 Å².